The van der Waals surface area contributed by atoms with E-state index in [1.54, 1.807) is 0 Å². The van der Waals surface area contributed by atoms with Crippen molar-refractivity contribution in [2.24, 2.45) is 0 Å². The average molecular weight is 304 g/mol. The van der Waals surface area contributed by atoms with Crippen LogP contribution in [0.4, 0.5) is 0 Å². The Balaban J connectivity index is 1.99. The van der Waals surface area contributed by atoms with Crippen LogP contribution in [0.25, 0.3) is 0 Å². The third kappa shape index (κ3) is 4.99. The summed E-state index contributed by atoms with van der Waals surface area (Å²) in [4.78, 5) is 2.56. The summed E-state index contributed by atoms with van der Waals surface area (Å²) in [5, 5.41) is 3.41. The Labute approximate surface area is 136 Å². The van der Waals surface area contributed by atoms with E-state index in [1.165, 1.54) is 37.2 Å². The monoisotopic (exact) mass is 304 g/mol. The zero-order valence-electron chi connectivity index (χ0n) is 14.7. The Morgan fingerprint density at radius 2 is 1.91 bits per heavy atom. The fraction of sp³-hybridized carbons (Fsp3) is 0.684. The molecule has 22 heavy (non-hydrogen) atoms. The Morgan fingerprint density at radius 3 is 2.55 bits per heavy atom. The highest BCUT2D eigenvalue weighted by Crippen LogP contribution is 2.29. The van der Waals surface area contributed by atoms with Crippen molar-refractivity contribution in [3.05, 3.63) is 29.3 Å². The van der Waals surface area contributed by atoms with E-state index in [9.17, 15) is 0 Å². The molecule has 1 fully saturated rings. The smallest absolute Gasteiger partial charge is 0.122 e. The average Bonchev–Trinajstić information content (AvgIpc) is 2.49. The van der Waals surface area contributed by atoms with Crippen LogP contribution in [0.5, 0.6) is 5.75 Å². The van der Waals surface area contributed by atoms with Crippen molar-refractivity contribution in [3.8, 4) is 5.75 Å². The second kappa shape index (κ2) is 7.98. The molecule has 0 aromatic heterocycles. The Bertz CT molecular complexity index is 459. The van der Waals surface area contributed by atoms with E-state index in [-0.39, 0.29) is 5.41 Å². The minimum Gasteiger partial charge on any atom is -0.494 e. The molecule has 0 bridgehead atoms. The molecule has 3 heteroatoms. The molecule has 1 saturated heterocycles. The molecule has 0 spiro atoms. The van der Waals surface area contributed by atoms with Crippen LogP contribution < -0.4 is 10.1 Å². The largest absolute Gasteiger partial charge is 0.494 e. The summed E-state index contributed by atoms with van der Waals surface area (Å²) < 4.78 is 5.82. The highest BCUT2D eigenvalue weighted by molar-refractivity contribution is 5.39. The molecule has 0 atom stereocenters. The summed E-state index contributed by atoms with van der Waals surface area (Å²) in [7, 11) is 0. The summed E-state index contributed by atoms with van der Waals surface area (Å²) in [5.74, 6) is 1.07. The van der Waals surface area contributed by atoms with E-state index in [0.717, 1.165) is 31.9 Å². The predicted octanol–water partition coefficient (Wildman–Crippen LogP) is 3.22. The maximum Gasteiger partial charge on any atom is 0.122 e. The van der Waals surface area contributed by atoms with Gasteiger partial charge in [0.05, 0.1) is 6.61 Å². The van der Waals surface area contributed by atoms with Gasteiger partial charge in [-0.3, -0.25) is 0 Å². The number of rotatable bonds is 6. The molecule has 0 saturated carbocycles. The van der Waals surface area contributed by atoms with Crippen LogP contribution in [0.3, 0.4) is 0 Å². The number of nitrogens with one attached hydrogen (secondary N) is 1. The lowest BCUT2D eigenvalue weighted by Gasteiger charge is -2.27. The maximum absolute atomic E-state index is 5.82. The Hall–Kier alpha value is -1.06. The number of hydrogen-bond acceptors (Lipinski definition) is 3. The molecule has 0 unspecified atom stereocenters. The predicted molar refractivity (Wildman–Crippen MR) is 93.9 cm³/mol. The van der Waals surface area contributed by atoms with Crippen LogP contribution in [0.15, 0.2) is 18.2 Å². The fourth-order valence-corrected chi connectivity index (χ4v) is 2.97. The van der Waals surface area contributed by atoms with E-state index in [1.807, 2.05) is 0 Å². The van der Waals surface area contributed by atoms with Gasteiger partial charge in [-0.1, -0.05) is 32.9 Å². The first-order valence-corrected chi connectivity index (χ1v) is 8.70. The van der Waals surface area contributed by atoms with E-state index >= 15 is 0 Å². The van der Waals surface area contributed by atoms with Crippen LogP contribution in [0, 0.1) is 0 Å². The second-order valence-corrected chi connectivity index (χ2v) is 7.20. The number of aryl methyl sites for hydroxylation is 1. The van der Waals surface area contributed by atoms with Crippen molar-refractivity contribution < 1.29 is 4.74 Å². The SMILES string of the molecule is CCOc1ccc(C(C)(C)C)cc1CCCN1CCNCC1. The van der Waals surface area contributed by atoms with Gasteiger partial charge in [0.2, 0.25) is 0 Å². The van der Waals surface area contributed by atoms with Gasteiger partial charge in [0.25, 0.3) is 0 Å². The zero-order valence-corrected chi connectivity index (χ0v) is 14.7. The normalized spacial score (nSPS) is 16.7. The van der Waals surface area contributed by atoms with Gasteiger partial charge in [-0.15, -0.1) is 0 Å². The molecular weight excluding hydrogens is 272 g/mol. The third-order valence-electron chi connectivity index (χ3n) is 4.36. The topological polar surface area (TPSA) is 24.5 Å². The van der Waals surface area contributed by atoms with Gasteiger partial charge in [0.15, 0.2) is 0 Å². The van der Waals surface area contributed by atoms with Gasteiger partial charge in [-0.05, 0) is 48.9 Å². The van der Waals surface area contributed by atoms with Crippen molar-refractivity contribution in [2.45, 2.75) is 46.0 Å². The number of ether oxygens (including phenoxy) is 1. The summed E-state index contributed by atoms with van der Waals surface area (Å²) in [6.45, 7) is 15.4. The molecule has 124 valence electrons. The molecule has 0 radical (unpaired) electrons. The van der Waals surface area contributed by atoms with Crippen LogP contribution in [0.2, 0.25) is 0 Å². The van der Waals surface area contributed by atoms with Crippen LogP contribution in [0.1, 0.15) is 45.2 Å². The Kier molecular flexibility index (Phi) is 6.27. The van der Waals surface area contributed by atoms with Crippen LogP contribution in [-0.4, -0.2) is 44.2 Å². The molecule has 1 aromatic carbocycles. The molecule has 1 heterocycles. The molecule has 0 amide bonds. The Morgan fingerprint density at radius 1 is 1.18 bits per heavy atom. The minimum atomic E-state index is 0.192. The van der Waals surface area contributed by atoms with Crippen molar-refractivity contribution in [1.82, 2.24) is 10.2 Å². The molecule has 2 rings (SSSR count). The van der Waals surface area contributed by atoms with Gasteiger partial charge >= 0.3 is 0 Å². The van der Waals surface area contributed by atoms with Crippen LogP contribution >= 0.6 is 0 Å². The second-order valence-electron chi connectivity index (χ2n) is 7.20. The van der Waals surface area contributed by atoms with Crippen molar-refractivity contribution >= 4 is 0 Å². The van der Waals surface area contributed by atoms with Crippen LogP contribution in [-0.2, 0) is 11.8 Å². The third-order valence-corrected chi connectivity index (χ3v) is 4.36. The van der Waals surface area contributed by atoms with Gasteiger partial charge in [0.1, 0.15) is 5.75 Å². The zero-order chi connectivity index (χ0) is 16.0. The van der Waals surface area contributed by atoms with Crippen molar-refractivity contribution in [1.29, 1.82) is 0 Å². The first-order chi connectivity index (χ1) is 10.5. The molecular formula is C19H32N2O. The first kappa shape index (κ1) is 17.3. The molecule has 1 aliphatic rings. The summed E-state index contributed by atoms with van der Waals surface area (Å²) in [6.07, 6.45) is 2.30. The van der Waals surface area contributed by atoms with Gasteiger partial charge in [0, 0.05) is 26.2 Å². The molecule has 0 aliphatic carbocycles. The van der Waals surface area contributed by atoms with E-state index < -0.39 is 0 Å². The number of nitrogens with zero attached hydrogens (tertiary/aromatic N) is 1. The van der Waals surface area contributed by atoms with E-state index in [2.05, 4.69) is 56.1 Å². The van der Waals surface area contributed by atoms with Gasteiger partial charge in [-0.2, -0.15) is 0 Å². The lowest BCUT2D eigenvalue weighted by Crippen LogP contribution is -2.43. The molecule has 1 aliphatic heterocycles. The lowest BCUT2D eigenvalue weighted by atomic mass is 9.85. The molecule has 1 N–H and O–H groups in total. The van der Waals surface area contributed by atoms with Gasteiger partial charge < -0.3 is 15.0 Å². The minimum absolute atomic E-state index is 0.192. The van der Waals surface area contributed by atoms with Crippen molar-refractivity contribution in [3.63, 3.8) is 0 Å². The van der Waals surface area contributed by atoms with Gasteiger partial charge in [-0.25, -0.2) is 0 Å². The highest BCUT2D eigenvalue weighted by Gasteiger charge is 2.16. The highest BCUT2D eigenvalue weighted by atomic mass is 16.5. The summed E-state index contributed by atoms with van der Waals surface area (Å²) in [6, 6.07) is 6.72. The molecule has 1 aromatic rings. The lowest BCUT2D eigenvalue weighted by molar-refractivity contribution is 0.238. The van der Waals surface area contributed by atoms with Crippen molar-refractivity contribution in [2.75, 3.05) is 39.3 Å². The maximum atomic E-state index is 5.82. The fourth-order valence-electron chi connectivity index (χ4n) is 2.97. The van der Waals surface area contributed by atoms with E-state index in [4.69, 9.17) is 4.74 Å². The summed E-state index contributed by atoms with van der Waals surface area (Å²) in [5.41, 5.74) is 2.95. The number of hydrogen-bond donors (Lipinski definition) is 1. The number of benzene rings is 1. The standard InChI is InChI=1S/C19H32N2O/c1-5-22-18-9-8-17(19(2,3)4)15-16(18)7-6-12-21-13-10-20-11-14-21/h8-9,15,20H,5-7,10-14H2,1-4H3. The first-order valence-electron chi connectivity index (χ1n) is 8.70. The quantitative estimate of drug-likeness (QED) is 0.873. The summed E-state index contributed by atoms with van der Waals surface area (Å²) >= 11 is 0. The van der Waals surface area contributed by atoms with E-state index in [0.29, 0.717) is 0 Å². The molecule has 3 nitrogen and oxygen atoms in total. The number of piperazine rings is 1.